The van der Waals surface area contributed by atoms with Crippen molar-refractivity contribution < 1.29 is 21.6 Å². The number of sulfone groups is 1. The van der Waals surface area contributed by atoms with E-state index in [1.165, 1.54) is 31.2 Å². The van der Waals surface area contributed by atoms with Crippen LogP contribution in [0.2, 0.25) is 0 Å². The van der Waals surface area contributed by atoms with E-state index >= 15 is 0 Å². The Hall–Kier alpha value is -2.39. The maximum atomic E-state index is 12.5. The molecule has 0 aliphatic rings. The van der Waals surface area contributed by atoms with E-state index in [9.17, 15) is 21.6 Å². The van der Waals surface area contributed by atoms with Crippen LogP contribution in [0.15, 0.2) is 53.4 Å². The molecule has 7 nitrogen and oxygen atoms in total. The van der Waals surface area contributed by atoms with Crippen molar-refractivity contribution in [1.29, 1.82) is 0 Å². The Kier molecular flexibility index (Phi) is 6.61. The van der Waals surface area contributed by atoms with E-state index in [2.05, 4.69) is 10.0 Å². The fourth-order valence-electron chi connectivity index (χ4n) is 2.29. The van der Waals surface area contributed by atoms with Crippen molar-refractivity contribution in [3.63, 3.8) is 0 Å². The fraction of sp³-hybridized carbons (Fsp3) is 0.278. The number of nitrogens with one attached hydrogen (secondary N) is 2. The lowest BCUT2D eigenvalue weighted by molar-refractivity contribution is 0.0956. The van der Waals surface area contributed by atoms with Gasteiger partial charge in [-0.2, -0.15) is 0 Å². The van der Waals surface area contributed by atoms with Crippen molar-refractivity contribution in [3.05, 3.63) is 59.7 Å². The first-order valence-corrected chi connectivity index (χ1v) is 11.6. The average Bonchev–Trinajstić information content (AvgIpc) is 2.61. The Morgan fingerprint density at radius 1 is 1.00 bits per heavy atom. The highest BCUT2D eigenvalue weighted by atomic mass is 32.2. The molecule has 0 fully saturated rings. The molecule has 0 atom stereocenters. The van der Waals surface area contributed by atoms with E-state index in [0.717, 1.165) is 5.56 Å². The van der Waals surface area contributed by atoms with Crippen LogP contribution in [0.3, 0.4) is 0 Å². The molecule has 0 saturated carbocycles. The van der Waals surface area contributed by atoms with Crippen LogP contribution in [-0.4, -0.2) is 40.8 Å². The third kappa shape index (κ3) is 6.07. The van der Waals surface area contributed by atoms with Crippen molar-refractivity contribution in [1.82, 2.24) is 5.32 Å². The van der Waals surface area contributed by atoms with Gasteiger partial charge in [0.15, 0.2) is 9.84 Å². The van der Waals surface area contributed by atoms with Gasteiger partial charge in [-0.15, -0.1) is 0 Å². The minimum absolute atomic E-state index is 0.00122. The van der Waals surface area contributed by atoms with Crippen LogP contribution < -0.4 is 10.0 Å². The summed E-state index contributed by atoms with van der Waals surface area (Å²) in [6.07, 6.45) is 0. The first-order valence-electron chi connectivity index (χ1n) is 8.31. The number of aryl methyl sites for hydroxylation is 1. The topological polar surface area (TPSA) is 109 Å². The zero-order chi connectivity index (χ0) is 20.1. The minimum atomic E-state index is -3.86. The van der Waals surface area contributed by atoms with Crippen LogP contribution in [0.5, 0.6) is 0 Å². The van der Waals surface area contributed by atoms with Gasteiger partial charge in [0.25, 0.3) is 15.9 Å². The van der Waals surface area contributed by atoms with E-state index in [1.54, 1.807) is 18.2 Å². The highest BCUT2D eigenvalue weighted by molar-refractivity contribution is 7.92. The number of rotatable bonds is 8. The molecule has 0 aliphatic heterocycles. The van der Waals surface area contributed by atoms with Crippen LogP contribution in [0.4, 0.5) is 5.69 Å². The Labute approximate surface area is 159 Å². The van der Waals surface area contributed by atoms with Gasteiger partial charge in [-0.25, -0.2) is 16.8 Å². The first-order chi connectivity index (χ1) is 12.6. The molecule has 9 heteroatoms. The summed E-state index contributed by atoms with van der Waals surface area (Å²) in [6, 6.07) is 12.5. The van der Waals surface area contributed by atoms with E-state index in [1.807, 2.05) is 13.0 Å². The Morgan fingerprint density at radius 3 is 2.37 bits per heavy atom. The molecule has 0 bridgehead atoms. The summed E-state index contributed by atoms with van der Waals surface area (Å²) >= 11 is 0. The molecule has 2 N–H and O–H groups in total. The average molecular weight is 411 g/mol. The van der Waals surface area contributed by atoms with E-state index in [-0.39, 0.29) is 28.5 Å². The third-order valence-corrected chi connectivity index (χ3v) is 6.90. The summed E-state index contributed by atoms with van der Waals surface area (Å²) in [4.78, 5) is 12.1. The molecule has 2 rings (SSSR count). The molecule has 0 aliphatic carbocycles. The molecule has 0 saturated heterocycles. The predicted molar refractivity (Wildman–Crippen MR) is 105 cm³/mol. The summed E-state index contributed by atoms with van der Waals surface area (Å²) in [6.45, 7) is 3.35. The molecule has 0 heterocycles. The Morgan fingerprint density at radius 2 is 1.70 bits per heavy atom. The van der Waals surface area contributed by atoms with Gasteiger partial charge in [0.1, 0.15) is 0 Å². The van der Waals surface area contributed by atoms with Gasteiger partial charge in [0.05, 0.1) is 10.6 Å². The molecule has 1 amide bonds. The van der Waals surface area contributed by atoms with Crippen LogP contribution >= 0.6 is 0 Å². The number of anilines is 1. The van der Waals surface area contributed by atoms with Gasteiger partial charge < -0.3 is 5.32 Å². The summed E-state index contributed by atoms with van der Waals surface area (Å²) in [7, 11) is -7.05. The molecule has 0 spiro atoms. The molecule has 27 heavy (non-hydrogen) atoms. The van der Waals surface area contributed by atoms with Crippen LogP contribution in [0.25, 0.3) is 0 Å². The lowest BCUT2D eigenvalue weighted by Crippen LogP contribution is -2.29. The number of hydrogen-bond donors (Lipinski definition) is 2. The van der Waals surface area contributed by atoms with Crippen LogP contribution in [-0.2, 0) is 19.9 Å². The van der Waals surface area contributed by atoms with Crippen LogP contribution in [0, 0.1) is 6.92 Å². The predicted octanol–water partition coefficient (Wildman–Crippen LogP) is 1.96. The first kappa shape index (κ1) is 20.9. The normalized spacial score (nSPS) is 11.8. The van der Waals surface area contributed by atoms with E-state index < -0.39 is 25.8 Å². The number of sulfonamides is 1. The Bertz CT molecular complexity index is 1030. The van der Waals surface area contributed by atoms with Gasteiger partial charge in [-0.1, -0.05) is 25.1 Å². The second-order valence-corrected chi connectivity index (χ2v) is 10.2. The monoisotopic (exact) mass is 410 g/mol. The number of hydrogen-bond acceptors (Lipinski definition) is 5. The highest BCUT2D eigenvalue weighted by Gasteiger charge is 2.17. The van der Waals surface area contributed by atoms with Gasteiger partial charge in [0, 0.05) is 23.5 Å². The van der Waals surface area contributed by atoms with Crippen molar-refractivity contribution >= 4 is 31.5 Å². The zero-order valence-electron chi connectivity index (χ0n) is 15.1. The lowest BCUT2D eigenvalue weighted by Gasteiger charge is -2.10. The fourth-order valence-corrected chi connectivity index (χ4v) is 4.09. The Balaban J connectivity index is 2.12. The second kappa shape index (κ2) is 8.53. The standard InChI is InChI=1S/C18H22N2O5S2/c1-3-26(22,23)11-10-19-18(21)15-7-5-9-17(13-15)27(24,25)20-16-8-4-6-14(2)12-16/h4-9,12-13,20H,3,10-11H2,1-2H3,(H,19,21). The maximum absolute atomic E-state index is 12.5. The highest BCUT2D eigenvalue weighted by Crippen LogP contribution is 2.18. The second-order valence-electron chi connectivity index (χ2n) is 6.00. The zero-order valence-corrected chi connectivity index (χ0v) is 16.7. The summed E-state index contributed by atoms with van der Waals surface area (Å²) in [5, 5.41) is 2.49. The van der Waals surface area contributed by atoms with Crippen molar-refractivity contribution in [3.8, 4) is 0 Å². The molecule has 0 unspecified atom stereocenters. The summed E-state index contributed by atoms with van der Waals surface area (Å²) in [5.41, 5.74) is 1.47. The van der Waals surface area contributed by atoms with E-state index in [4.69, 9.17) is 0 Å². The molecule has 0 radical (unpaired) electrons. The van der Waals surface area contributed by atoms with Gasteiger partial charge >= 0.3 is 0 Å². The number of carbonyl (C=O) groups excluding carboxylic acids is 1. The molecule has 2 aromatic rings. The summed E-state index contributed by atoms with van der Waals surface area (Å²) in [5.74, 6) is -0.697. The van der Waals surface area contributed by atoms with Crippen molar-refractivity contribution in [2.75, 3.05) is 22.8 Å². The minimum Gasteiger partial charge on any atom is -0.351 e. The molecule has 146 valence electrons. The maximum Gasteiger partial charge on any atom is 0.261 e. The molecular formula is C18H22N2O5S2. The van der Waals surface area contributed by atoms with Crippen molar-refractivity contribution in [2.24, 2.45) is 0 Å². The third-order valence-electron chi connectivity index (χ3n) is 3.82. The number of benzene rings is 2. The smallest absolute Gasteiger partial charge is 0.261 e. The van der Waals surface area contributed by atoms with Crippen molar-refractivity contribution in [2.45, 2.75) is 18.7 Å². The molecular weight excluding hydrogens is 388 g/mol. The SMILES string of the molecule is CCS(=O)(=O)CCNC(=O)c1cccc(S(=O)(=O)Nc2cccc(C)c2)c1. The lowest BCUT2D eigenvalue weighted by atomic mass is 10.2. The van der Waals surface area contributed by atoms with Gasteiger partial charge in [-0.05, 0) is 42.8 Å². The largest absolute Gasteiger partial charge is 0.351 e. The number of carbonyl (C=O) groups is 1. The number of amides is 1. The van der Waals surface area contributed by atoms with Gasteiger partial charge in [-0.3, -0.25) is 9.52 Å². The quantitative estimate of drug-likeness (QED) is 0.691. The van der Waals surface area contributed by atoms with E-state index in [0.29, 0.717) is 5.69 Å². The molecule has 0 aromatic heterocycles. The molecule has 2 aromatic carbocycles. The van der Waals surface area contributed by atoms with Crippen LogP contribution in [0.1, 0.15) is 22.8 Å². The summed E-state index contributed by atoms with van der Waals surface area (Å²) < 4.78 is 50.5. The van der Waals surface area contributed by atoms with Gasteiger partial charge in [0.2, 0.25) is 0 Å².